The topological polar surface area (TPSA) is 71.0 Å². The summed E-state index contributed by atoms with van der Waals surface area (Å²) in [5.74, 6) is 1.59. The first-order valence-corrected chi connectivity index (χ1v) is 11.3. The molecule has 0 atom stereocenters. The second-order valence-corrected chi connectivity index (χ2v) is 7.81. The van der Waals surface area contributed by atoms with E-state index < -0.39 is 0 Å². The van der Waals surface area contributed by atoms with Gasteiger partial charge < -0.3 is 20.1 Å². The highest BCUT2D eigenvalue weighted by molar-refractivity contribution is 14.0. The van der Waals surface area contributed by atoms with E-state index in [1.54, 1.807) is 0 Å². The van der Waals surface area contributed by atoms with Crippen LogP contribution in [0.5, 0.6) is 5.88 Å². The van der Waals surface area contributed by atoms with Crippen LogP contribution in [0, 0.1) is 0 Å². The number of ether oxygens (including phenoxy) is 2. The lowest BCUT2D eigenvalue weighted by atomic mass is 9.98. The lowest BCUT2D eigenvalue weighted by Gasteiger charge is -2.26. The summed E-state index contributed by atoms with van der Waals surface area (Å²) in [6.07, 6.45) is 9.38. The van der Waals surface area contributed by atoms with Gasteiger partial charge in [-0.25, -0.2) is 9.98 Å². The Hall–Kier alpha value is -1.13. The fourth-order valence-electron chi connectivity index (χ4n) is 3.81. The maximum Gasteiger partial charge on any atom is 0.213 e. The number of halogens is 1. The van der Waals surface area contributed by atoms with Crippen LogP contribution >= 0.6 is 24.0 Å². The molecule has 1 aromatic rings. The number of morpholine rings is 1. The molecule has 30 heavy (non-hydrogen) atoms. The van der Waals surface area contributed by atoms with Gasteiger partial charge in [0.2, 0.25) is 5.88 Å². The Bertz CT molecular complexity index is 619. The highest BCUT2D eigenvalue weighted by Gasteiger charge is 2.15. The van der Waals surface area contributed by atoms with Crippen molar-refractivity contribution >= 4 is 29.9 Å². The molecular formula is C22H38IN5O2. The molecule has 1 aromatic heterocycles. The largest absolute Gasteiger partial charge is 0.474 e. The zero-order chi connectivity index (χ0) is 20.2. The van der Waals surface area contributed by atoms with Gasteiger partial charge in [0, 0.05) is 38.4 Å². The van der Waals surface area contributed by atoms with Gasteiger partial charge >= 0.3 is 0 Å². The molecule has 2 aliphatic rings. The molecule has 7 nitrogen and oxygen atoms in total. The molecule has 2 fully saturated rings. The molecular weight excluding hydrogens is 493 g/mol. The zero-order valence-electron chi connectivity index (χ0n) is 18.3. The average Bonchev–Trinajstić information content (AvgIpc) is 2.77. The van der Waals surface area contributed by atoms with Crippen LogP contribution in [-0.2, 0) is 11.3 Å². The van der Waals surface area contributed by atoms with Crippen molar-refractivity contribution in [3.8, 4) is 5.88 Å². The number of aromatic nitrogens is 1. The van der Waals surface area contributed by atoms with Gasteiger partial charge in [-0.1, -0.05) is 6.42 Å². The molecule has 1 aliphatic heterocycles. The molecule has 1 saturated carbocycles. The van der Waals surface area contributed by atoms with Gasteiger partial charge in [0.05, 0.1) is 19.8 Å². The third-order valence-corrected chi connectivity index (χ3v) is 5.45. The van der Waals surface area contributed by atoms with E-state index >= 15 is 0 Å². The van der Waals surface area contributed by atoms with Crippen molar-refractivity contribution in [2.24, 2.45) is 4.99 Å². The summed E-state index contributed by atoms with van der Waals surface area (Å²) < 4.78 is 11.5. The first-order valence-electron chi connectivity index (χ1n) is 11.3. The number of aliphatic imine (C=N–C) groups is 1. The number of nitrogens with zero attached hydrogens (tertiary/aromatic N) is 3. The number of nitrogens with one attached hydrogen (secondary N) is 2. The maximum absolute atomic E-state index is 6.08. The van der Waals surface area contributed by atoms with E-state index in [1.807, 2.05) is 18.3 Å². The summed E-state index contributed by atoms with van der Waals surface area (Å²) in [7, 11) is 0. The first kappa shape index (κ1) is 25.1. The second-order valence-electron chi connectivity index (χ2n) is 7.81. The summed E-state index contributed by atoms with van der Waals surface area (Å²) >= 11 is 0. The van der Waals surface area contributed by atoms with Crippen molar-refractivity contribution < 1.29 is 9.47 Å². The maximum atomic E-state index is 6.08. The Kier molecular flexibility index (Phi) is 12.4. The van der Waals surface area contributed by atoms with E-state index in [9.17, 15) is 0 Å². The van der Waals surface area contributed by atoms with Gasteiger partial charge in [-0.15, -0.1) is 24.0 Å². The lowest BCUT2D eigenvalue weighted by molar-refractivity contribution is 0.0376. The van der Waals surface area contributed by atoms with Crippen molar-refractivity contribution in [1.82, 2.24) is 20.5 Å². The molecule has 0 unspecified atom stereocenters. The minimum Gasteiger partial charge on any atom is -0.474 e. The SMILES string of the molecule is CCNC(=NCc1ccnc(OC2CCCCC2)c1)NCCCN1CCOCC1.I. The van der Waals surface area contributed by atoms with Crippen LogP contribution < -0.4 is 15.4 Å². The quantitative estimate of drug-likeness (QED) is 0.221. The van der Waals surface area contributed by atoms with Gasteiger partial charge in [0.25, 0.3) is 0 Å². The number of guanidine groups is 1. The van der Waals surface area contributed by atoms with Gasteiger partial charge in [0.1, 0.15) is 6.10 Å². The highest BCUT2D eigenvalue weighted by atomic mass is 127. The van der Waals surface area contributed by atoms with Crippen LogP contribution in [0.3, 0.4) is 0 Å². The van der Waals surface area contributed by atoms with Gasteiger partial charge in [-0.2, -0.15) is 0 Å². The molecule has 0 bridgehead atoms. The lowest BCUT2D eigenvalue weighted by Crippen LogP contribution is -2.40. The van der Waals surface area contributed by atoms with Crippen molar-refractivity contribution in [2.75, 3.05) is 45.9 Å². The van der Waals surface area contributed by atoms with E-state index in [4.69, 9.17) is 14.5 Å². The molecule has 2 N–H and O–H groups in total. The average molecular weight is 531 g/mol. The standard InChI is InChI=1S/C22H37N5O2.HI/c1-2-23-22(25-10-6-12-27-13-15-28-16-14-27)26-18-19-9-11-24-21(17-19)29-20-7-4-3-5-8-20;/h9,11,17,20H,2-8,10,12-16,18H2,1H3,(H2,23,25,26);1H. The Labute approximate surface area is 198 Å². The minimum atomic E-state index is 0. The van der Waals surface area contributed by atoms with Crippen molar-refractivity contribution in [1.29, 1.82) is 0 Å². The van der Waals surface area contributed by atoms with Crippen LogP contribution in [0.2, 0.25) is 0 Å². The van der Waals surface area contributed by atoms with Crippen LogP contribution in [0.1, 0.15) is 51.0 Å². The molecule has 0 amide bonds. The number of hydrogen-bond donors (Lipinski definition) is 2. The van der Waals surface area contributed by atoms with Gasteiger partial charge in [0.15, 0.2) is 5.96 Å². The predicted molar refractivity (Wildman–Crippen MR) is 132 cm³/mol. The smallest absolute Gasteiger partial charge is 0.213 e. The van der Waals surface area contributed by atoms with Crippen molar-refractivity contribution in [3.05, 3.63) is 23.9 Å². The summed E-state index contributed by atoms with van der Waals surface area (Å²) in [5, 5.41) is 6.77. The van der Waals surface area contributed by atoms with Gasteiger partial charge in [-0.3, -0.25) is 4.90 Å². The number of hydrogen-bond acceptors (Lipinski definition) is 5. The molecule has 0 radical (unpaired) electrons. The summed E-state index contributed by atoms with van der Waals surface area (Å²) in [5.41, 5.74) is 1.12. The molecule has 1 saturated heterocycles. The van der Waals surface area contributed by atoms with E-state index in [-0.39, 0.29) is 24.0 Å². The molecule has 1 aliphatic carbocycles. The fourth-order valence-corrected chi connectivity index (χ4v) is 3.81. The van der Waals surface area contributed by atoms with Crippen LogP contribution in [-0.4, -0.2) is 67.9 Å². The minimum absolute atomic E-state index is 0. The Morgan fingerprint density at radius 3 is 2.80 bits per heavy atom. The first-order chi connectivity index (χ1) is 14.3. The fraction of sp³-hybridized carbons (Fsp3) is 0.727. The normalized spacial score (nSPS) is 18.5. The summed E-state index contributed by atoms with van der Waals surface area (Å²) in [4.78, 5) is 11.6. The highest BCUT2D eigenvalue weighted by Crippen LogP contribution is 2.22. The van der Waals surface area contributed by atoms with E-state index in [1.165, 1.54) is 19.3 Å². The number of rotatable bonds is 9. The van der Waals surface area contributed by atoms with Crippen LogP contribution in [0.15, 0.2) is 23.3 Å². The second kappa shape index (κ2) is 14.8. The Balaban J connectivity index is 0.00000320. The third-order valence-electron chi connectivity index (χ3n) is 5.45. The van der Waals surface area contributed by atoms with E-state index in [0.29, 0.717) is 12.6 Å². The van der Waals surface area contributed by atoms with E-state index in [2.05, 4.69) is 27.4 Å². The third kappa shape index (κ3) is 9.34. The number of pyridine rings is 1. The van der Waals surface area contributed by atoms with Crippen LogP contribution in [0.4, 0.5) is 0 Å². The predicted octanol–water partition coefficient (Wildman–Crippen LogP) is 3.19. The molecule has 0 spiro atoms. The molecule has 0 aromatic carbocycles. The van der Waals surface area contributed by atoms with Crippen molar-refractivity contribution in [3.63, 3.8) is 0 Å². The summed E-state index contributed by atoms with van der Waals surface area (Å²) in [6.45, 7) is 9.36. The monoisotopic (exact) mass is 531 g/mol. The summed E-state index contributed by atoms with van der Waals surface area (Å²) in [6, 6.07) is 4.04. The molecule has 2 heterocycles. The van der Waals surface area contributed by atoms with Crippen LogP contribution in [0.25, 0.3) is 0 Å². The Morgan fingerprint density at radius 1 is 1.23 bits per heavy atom. The van der Waals surface area contributed by atoms with E-state index in [0.717, 1.165) is 82.6 Å². The van der Waals surface area contributed by atoms with Gasteiger partial charge in [-0.05, 0) is 57.2 Å². The van der Waals surface area contributed by atoms with Crippen molar-refractivity contribution in [2.45, 2.75) is 58.1 Å². The molecule has 8 heteroatoms. The molecule has 3 rings (SSSR count). The molecule has 170 valence electrons. The Morgan fingerprint density at radius 2 is 2.03 bits per heavy atom. The zero-order valence-corrected chi connectivity index (χ0v) is 20.6.